The Balaban J connectivity index is 1.34. The highest BCUT2D eigenvalue weighted by molar-refractivity contribution is 7.88. The van der Waals surface area contributed by atoms with Crippen LogP contribution >= 0.6 is 0 Å². The van der Waals surface area contributed by atoms with Crippen LogP contribution in [0, 0.1) is 5.92 Å². The van der Waals surface area contributed by atoms with E-state index in [-0.39, 0.29) is 17.9 Å². The summed E-state index contributed by atoms with van der Waals surface area (Å²) in [5, 5.41) is 3.82. The molecule has 2 N–H and O–H groups in total. The van der Waals surface area contributed by atoms with Gasteiger partial charge >= 0.3 is 21.7 Å². The van der Waals surface area contributed by atoms with Gasteiger partial charge in [0.1, 0.15) is 17.6 Å². The van der Waals surface area contributed by atoms with E-state index in [1.165, 1.54) is 19.2 Å². The molecule has 2 aromatic carbocycles. The van der Waals surface area contributed by atoms with Crippen LogP contribution in [0.3, 0.4) is 0 Å². The van der Waals surface area contributed by atoms with Gasteiger partial charge in [-0.05, 0) is 60.6 Å². The Morgan fingerprint density at radius 2 is 1.83 bits per heavy atom. The number of hydrogen-bond donors (Lipinski definition) is 2. The molecule has 2 amide bonds. The van der Waals surface area contributed by atoms with Gasteiger partial charge in [0.05, 0.1) is 25.0 Å². The molecule has 42 heavy (non-hydrogen) atoms. The number of ether oxygens (including phenoxy) is 2. The number of halogens is 3. The minimum Gasteiger partial charge on any atom is -0.453 e. The molecule has 11 nitrogen and oxygen atoms in total. The van der Waals surface area contributed by atoms with E-state index in [1.807, 2.05) is 0 Å². The number of carbonyl (C=O) groups is 2. The number of rotatable bonds is 7. The van der Waals surface area contributed by atoms with Crippen molar-refractivity contribution >= 4 is 32.9 Å². The van der Waals surface area contributed by atoms with E-state index in [0.717, 1.165) is 18.1 Å². The van der Waals surface area contributed by atoms with E-state index in [1.54, 1.807) is 29.3 Å². The number of aromatic nitrogens is 2. The van der Waals surface area contributed by atoms with Crippen molar-refractivity contribution in [3.63, 3.8) is 0 Å². The lowest BCUT2D eigenvalue weighted by Crippen LogP contribution is -2.53. The molecule has 0 radical (unpaired) electrons. The lowest BCUT2D eigenvalue weighted by atomic mass is 9.90. The van der Waals surface area contributed by atoms with Crippen molar-refractivity contribution in [1.82, 2.24) is 20.2 Å². The van der Waals surface area contributed by atoms with Crippen molar-refractivity contribution in [2.24, 2.45) is 5.92 Å². The average Bonchev–Trinajstić information content (AvgIpc) is 3.65. The normalized spacial score (nSPS) is 19.0. The summed E-state index contributed by atoms with van der Waals surface area (Å²) in [4.78, 5) is 35.4. The lowest BCUT2D eigenvalue weighted by Gasteiger charge is -2.34. The van der Waals surface area contributed by atoms with Gasteiger partial charge < -0.3 is 28.9 Å². The van der Waals surface area contributed by atoms with Crippen molar-refractivity contribution in [3.8, 4) is 17.0 Å². The number of benzene rings is 2. The number of carbonyl (C=O) groups excluding carboxylic acids is 2. The standard InChI is InChI=1S/C27H29F3N4O7S/c1-39-26(36)33-23(16-8-11-40-12-9-16)25(35)34-10-2-3-22(34)24-31-15-21(32-24)19-5-4-18-14-20(7-6-17(18)13-19)41-42(37,38)27(28,29)30/h4-7,13-16,22-23H,2-3,8-12H2,1H3,(H,31,32)(H,33,36)/t22-,23?/m0/s1. The highest BCUT2D eigenvalue weighted by atomic mass is 32.2. The van der Waals surface area contributed by atoms with Gasteiger partial charge in [-0.1, -0.05) is 18.2 Å². The van der Waals surface area contributed by atoms with Crippen LogP contribution < -0.4 is 9.50 Å². The molecule has 5 rings (SSSR count). The second-order valence-corrected chi connectivity index (χ2v) is 11.7. The van der Waals surface area contributed by atoms with Crippen LogP contribution in [-0.2, 0) is 24.4 Å². The summed E-state index contributed by atoms with van der Waals surface area (Å²) in [7, 11) is -4.53. The molecular formula is C27H29F3N4O7S. The van der Waals surface area contributed by atoms with E-state index < -0.39 is 33.5 Å². The molecule has 2 aliphatic rings. The van der Waals surface area contributed by atoms with Crippen molar-refractivity contribution in [2.75, 3.05) is 26.9 Å². The van der Waals surface area contributed by atoms with Crippen LogP contribution in [0.4, 0.5) is 18.0 Å². The highest BCUT2D eigenvalue weighted by Gasteiger charge is 2.48. The van der Waals surface area contributed by atoms with Gasteiger partial charge in [-0.2, -0.15) is 21.6 Å². The largest absolute Gasteiger partial charge is 0.534 e. The van der Waals surface area contributed by atoms with Gasteiger partial charge in [-0.25, -0.2) is 9.78 Å². The Bertz CT molecular complexity index is 1570. The van der Waals surface area contributed by atoms with Gasteiger partial charge in [0.15, 0.2) is 0 Å². The number of alkyl halides is 3. The second kappa shape index (κ2) is 11.8. The first-order chi connectivity index (χ1) is 20.0. The lowest BCUT2D eigenvalue weighted by molar-refractivity contribution is -0.136. The summed E-state index contributed by atoms with van der Waals surface area (Å²) in [6.45, 7) is 1.52. The third-order valence-electron chi connectivity index (χ3n) is 7.52. The van der Waals surface area contributed by atoms with Crippen LogP contribution in [-0.4, -0.2) is 73.7 Å². The molecule has 1 aromatic heterocycles. The van der Waals surface area contributed by atoms with E-state index in [2.05, 4.69) is 19.5 Å². The first kappa shape index (κ1) is 29.6. The van der Waals surface area contributed by atoms with Crippen LogP contribution in [0.2, 0.25) is 0 Å². The molecule has 15 heteroatoms. The van der Waals surface area contributed by atoms with Crippen LogP contribution in [0.5, 0.6) is 5.75 Å². The maximum Gasteiger partial charge on any atom is 0.534 e. The zero-order chi connectivity index (χ0) is 30.1. The molecule has 0 aliphatic carbocycles. The first-order valence-electron chi connectivity index (χ1n) is 13.3. The molecule has 0 bridgehead atoms. The Morgan fingerprint density at radius 1 is 1.12 bits per heavy atom. The number of likely N-dealkylation sites (tertiary alicyclic amines) is 1. The number of nitrogens with zero attached hydrogens (tertiary/aromatic N) is 2. The molecule has 226 valence electrons. The first-order valence-corrected chi connectivity index (χ1v) is 14.7. The van der Waals surface area contributed by atoms with E-state index in [9.17, 15) is 31.2 Å². The summed E-state index contributed by atoms with van der Waals surface area (Å²) >= 11 is 0. The third-order valence-corrected chi connectivity index (χ3v) is 8.50. The molecule has 0 spiro atoms. The number of amides is 2. The Kier molecular flexibility index (Phi) is 8.32. The molecule has 0 saturated carbocycles. The van der Waals surface area contributed by atoms with E-state index >= 15 is 0 Å². The van der Waals surface area contributed by atoms with Gasteiger partial charge in [0, 0.05) is 25.3 Å². The maximum absolute atomic E-state index is 13.7. The molecular weight excluding hydrogens is 581 g/mol. The zero-order valence-corrected chi connectivity index (χ0v) is 23.3. The minimum absolute atomic E-state index is 0.0872. The predicted molar refractivity (Wildman–Crippen MR) is 144 cm³/mol. The second-order valence-electron chi connectivity index (χ2n) is 10.1. The number of imidazole rings is 1. The monoisotopic (exact) mass is 610 g/mol. The topological polar surface area (TPSA) is 140 Å². The Labute approximate surface area is 239 Å². The molecule has 1 unspecified atom stereocenters. The van der Waals surface area contributed by atoms with Crippen molar-refractivity contribution in [2.45, 2.75) is 43.3 Å². The molecule has 2 fully saturated rings. The fraction of sp³-hybridized carbons (Fsp3) is 0.444. The number of hydrogen-bond acceptors (Lipinski definition) is 8. The van der Waals surface area contributed by atoms with Gasteiger partial charge in [0.25, 0.3) is 0 Å². The Morgan fingerprint density at radius 3 is 2.55 bits per heavy atom. The fourth-order valence-electron chi connectivity index (χ4n) is 5.38. The van der Waals surface area contributed by atoms with Crippen molar-refractivity contribution in [1.29, 1.82) is 0 Å². The molecule has 2 atom stereocenters. The summed E-state index contributed by atoms with van der Waals surface area (Å²) in [6, 6.07) is 7.84. The SMILES string of the molecule is COC(=O)NC(C(=O)N1CCC[C@H]1c1ncc(-c2ccc3cc(OS(=O)(=O)C(F)(F)F)ccc3c2)[nH]1)C1CCOCC1. The number of H-pyrrole nitrogens is 1. The van der Waals surface area contributed by atoms with Gasteiger partial charge in [-0.3, -0.25) is 4.79 Å². The van der Waals surface area contributed by atoms with Gasteiger partial charge in [-0.15, -0.1) is 0 Å². The maximum atomic E-state index is 13.7. The quantitative estimate of drug-likeness (QED) is 0.299. The van der Waals surface area contributed by atoms with Crippen molar-refractivity contribution < 1.29 is 44.8 Å². The van der Waals surface area contributed by atoms with E-state index in [0.29, 0.717) is 61.3 Å². The number of aromatic amines is 1. The van der Waals surface area contributed by atoms with Crippen molar-refractivity contribution in [3.05, 3.63) is 48.4 Å². The fourth-order valence-corrected chi connectivity index (χ4v) is 5.83. The predicted octanol–water partition coefficient (Wildman–Crippen LogP) is 4.27. The van der Waals surface area contributed by atoms with Gasteiger partial charge in [0.2, 0.25) is 5.91 Å². The van der Waals surface area contributed by atoms with Crippen LogP contribution in [0.25, 0.3) is 22.0 Å². The summed E-state index contributed by atoms with van der Waals surface area (Å²) in [5.41, 5.74) is -4.16. The van der Waals surface area contributed by atoms with Crippen LogP contribution in [0.15, 0.2) is 42.6 Å². The van der Waals surface area contributed by atoms with Crippen LogP contribution in [0.1, 0.15) is 37.5 Å². The zero-order valence-electron chi connectivity index (χ0n) is 22.5. The highest BCUT2D eigenvalue weighted by Crippen LogP contribution is 2.35. The summed E-state index contributed by atoms with van der Waals surface area (Å²) in [6.07, 6.45) is 3.67. The number of fused-ring (bicyclic) bond motifs is 1. The third kappa shape index (κ3) is 6.16. The number of alkyl carbamates (subject to hydrolysis) is 1. The average molecular weight is 611 g/mol. The molecule has 2 aliphatic heterocycles. The minimum atomic E-state index is -5.78. The molecule has 2 saturated heterocycles. The summed E-state index contributed by atoms with van der Waals surface area (Å²) in [5.74, 6) is -0.163. The molecule has 3 heterocycles. The number of methoxy groups -OCH3 is 1. The number of nitrogens with one attached hydrogen (secondary N) is 2. The smallest absolute Gasteiger partial charge is 0.453 e. The molecule has 3 aromatic rings. The Hall–Kier alpha value is -3.85. The summed E-state index contributed by atoms with van der Waals surface area (Å²) < 4.78 is 75.1. The van der Waals surface area contributed by atoms with E-state index in [4.69, 9.17) is 9.47 Å².